The Bertz CT molecular complexity index is 584. The van der Waals surface area contributed by atoms with Gasteiger partial charge in [0.2, 0.25) is 0 Å². The summed E-state index contributed by atoms with van der Waals surface area (Å²) < 4.78 is 13.6. The van der Waals surface area contributed by atoms with E-state index in [1.54, 1.807) is 6.07 Å². The molecule has 0 atom stereocenters. The molecule has 0 radical (unpaired) electrons. The minimum atomic E-state index is -0.331. The SMILES string of the molecule is CCC(CC)c1ccc(Cl)cc1-c1cc(F)cc(Cl)c1. The number of hydrogen-bond donors (Lipinski definition) is 0. The molecular weight excluding hydrogens is 294 g/mol. The van der Waals surface area contributed by atoms with Crippen LogP contribution in [0.25, 0.3) is 11.1 Å². The lowest BCUT2D eigenvalue weighted by atomic mass is 9.87. The molecule has 3 heteroatoms. The van der Waals surface area contributed by atoms with Crippen LogP contribution in [-0.4, -0.2) is 0 Å². The van der Waals surface area contributed by atoms with Gasteiger partial charge in [0.25, 0.3) is 0 Å². The third-order valence-corrected chi connectivity index (χ3v) is 4.07. The highest BCUT2D eigenvalue weighted by atomic mass is 35.5. The molecule has 0 unspecified atom stereocenters. The van der Waals surface area contributed by atoms with Gasteiger partial charge in [0.15, 0.2) is 0 Å². The van der Waals surface area contributed by atoms with Crippen LogP contribution in [-0.2, 0) is 0 Å². The fourth-order valence-corrected chi connectivity index (χ4v) is 2.97. The molecule has 20 heavy (non-hydrogen) atoms. The Kier molecular flexibility index (Phi) is 5.06. The maximum absolute atomic E-state index is 13.6. The van der Waals surface area contributed by atoms with Gasteiger partial charge in [-0.15, -0.1) is 0 Å². The molecule has 0 aliphatic heterocycles. The van der Waals surface area contributed by atoms with Crippen molar-refractivity contribution in [1.29, 1.82) is 0 Å². The van der Waals surface area contributed by atoms with Gasteiger partial charge in [-0.05, 0) is 65.8 Å². The van der Waals surface area contributed by atoms with Crippen molar-refractivity contribution in [2.45, 2.75) is 32.6 Å². The van der Waals surface area contributed by atoms with Crippen LogP contribution in [0.2, 0.25) is 10.0 Å². The molecule has 2 rings (SSSR count). The highest BCUT2D eigenvalue weighted by Gasteiger charge is 2.14. The zero-order valence-electron chi connectivity index (χ0n) is 11.6. The smallest absolute Gasteiger partial charge is 0.125 e. The largest absolute Gasteiger partial charge is 0.207 e. The van der Waals surface area contributed by atoms with Crippen molar-refractivity contribution in [3.05, 3.63) is 57.8 Å². The minimum absolute atomic E-state index is 0.331. The molecule has 0 fully saturated rings. The van der Waals surface area contributed by atoms with Gasteiger partial charge in [-0.25, -0.2) is 4.39 Å². The predicted molar refractivity (Wildman–Crippen MR) is 85.2 cm³/mol. The number of rotatable bonds is 4. The van der Waals surface area contributed by atoms with Gasteiger partial charge in [-0.2, -0.15) is 0 Å². The molecule has 0 N–H and O–H groups in total. The molecule has 0 aliphatic carbocycles. The Morgan fingerprint density at radius 3 is 2.25 bits per heavy atom. The van der Waals surface area contributed by atoms with Crippen molar-refractivity contribution in [3.8, 4) is 11.1 Å². The first kappa shape index (κ1) is 15.3. The zero-order valence-corrected chi connectivity index (χ0v) is 13.1. The van der Waals surface area contributed by atoms with E-state index in [0.29, 0.717) is 16.0 Å². The molecule has 0 aromatic heterocycles. The van der Waals surface area contributed by atoms with E-state index in [2.05, 4.69) is 13.8 Å². The van der Waals surface area contributed by atoms with Crippen molar-refractivity contribution < 1.29 is 4.39 Å². The van der Waals surface area contributed by atoms with Crippen LogP contribution in [0.3, 0.4) is 0 Å². The molecule has 0 saturated carbocycles. The lowest BCUT2D eigenvalue weighted by Crippen LogP contribution is -1.99. The fourth-order valence-electron chi connectivity index (χ4n) is 2.57. The van der Waals surface area contributed by atoms with Crippen LogP contribution in [0.1, 0.15) is 38.2 Å². The van der Waals surface area contributed by atoms with E-state index in [0.717, 1.165) is 24.0 Å². The van der Waals surface area contributed by atoms with Crippen molar-refractivity contribution >= 4 is 23.2 Å². The summed E-state index contributed by atoms with van der Waals surface area (Å²) in [6, 6.07) is 10.4. The van der Waals surface area contributed by atoms with Gasteiger partial charge in [0.05, 0.1) is 0 Å². The standard InChI is InChI=1S/C17H17Cl2F/c1-3-11(4-2)16-6-5-13(18)10-17(16)12-7-14(19)9-15(20)8-12/h5-11H,3-4H2,1-2H3. The third kappa shape index (κ3) is 3.34. The lowest BCUT2D eigenvalue weighted by molar-refractivity contribution is 0.628. The Labute approximate surface area is 129 Å². The second kappa shape index (κ2) is 6.60. The summed E-state index contributed by atoms with van der Waals surface area (Å²) >= 11 is 12.1. The Morgan fingerprint density at radius 1 is 0.950 bits per heavy atom. The average Bonchev–Trinajstić information content (AvgIpc) is 2.40. The first-order chi connectivity index (χ1) is 9.55. The maximum atomic E-state index is 13.6. The summed E-state index contributed by atoms with van der Waals surface area (Å²) in [6.45, 7) is 4.32. The van der Waals surface area contributed by atoms with E-state index in [1.807, 2.05) is 18.2 Å². The van der Waals surface area contributed by atoms with E-state index < -0.39 is 0 Å². The molecule has 106 valence electrons. The quantitative estimate of drug-likeness (QED) is 0.589. The molecule has 0 amide bonds. The van der Waals surface area contributed by atoms with Crippen molar-refractivity contribution in [2.75, 3.05) is 0 Å². The average molecular weight is 311 g/mol. The number of halogens is 3. The molecule has 0 spiro atoms. The zero-order chi connectivity index (χ0) is 14.7. The van der Waals surface area contributed by atoms with Crippen LogP contribution in [0, 0.1) is 5.82 Å². The molecule has 0 saturated heterocycles. The highest BCUT2D eigenvalue weighted by molar-refractivity contribution is 6.31. The monoisotopic (exact) mass is 310 g/mol. The summed E-state index contributed by atoms with van der Waals surface area (Å²) in [5.74, 6) is 0.104. The summed E-state index contributed by atoms with van der Waals surface area (Å²) in [6.07, 6.45) is 2.07. The third-order valence-electron chi connectivity index (χ3n) is 3.61. The maximum Gasteiger partial charge on any atom is 0.125 e. The van der Waals surface area contributed by atoms with E-state index >= 15 is 0 Å². The van der Waals surface area contributed by atoms with Crippen LogP contribution in [0.4, 0.5) is 4.39 Å². The van der Waals surface area contributed by atoms with Crippen molar-refractivity contribution in [3.63, 3.8) is 0 Å². The predicted octanol–water partition coefficient (Wildman–Crippen LogP) is 6.70. The molecule has 2 aromatic rings. The Hall–Kier alpha value is -1.05. The Morgan fingerprint density at radius 2 is 1.65 bits per heavy atom. The second-order valence-corrected chi connectivity index (χ2v) is 5.78. The van der Waals surface area contributed by atoms with E-state index in [1.165, 1.54) is 17.7 Å². The van der Waals surface area contributed by atoms with Gasteiger partial charge in [-0.1, -0.05) is 43.1 Å². The number of hydrogen-bond acceptors (Lipinski definition) is 0. The second-order valence-electron chi connectivity index (χ2n) is 4.90. The van der Waals surface area contributed by atoms with Gasteiger partial charge < -0.3 is 0 Å². The van der Waals surface area contributed by atoms with E-state index in [-0.39, 0.29) is 5.82 Å². The molecule has 0 heterocycles. The van der Waals surface area contributed by atoms with Gasteiger partial charge >= 0.3 is 0 Å². The first-order valence-electron chi connectivity index (χ1n) is 6.81. The summed E-state index contributed by atoms with van der Waals surface area (Å²) in [5.41, 5.74) is 2.94. The number of benzene rings is 2. The molecule has 0 nitrogen and oxygen atoms in total. The lowest BCUT2D eigenvalue weighted by Gasteiger charge is -2.18. The van der Waals surface area contributed by atoms with Crippen LogP contribution in [0.15, 0.2) is 36.4 Å². The van der Waals surface area contributed by atoms with Crippen molar-refractivity contribution in [1.82, 2.24) is 0 Å². The normalized spacial score (nSPS) is 11.1. The molecule has 0 bridgehead atoms. The molecular formula is C17H17Cl2F. The molecule has 2 aromatic carbocycles. The van der Waals surface area contributed by atoms with Gasteiger partial charge in [-0.3, -0.25) is 0 Å². The fraction of sp³-hybridized carbons (Fsp3) is 0.294. The summed E-state index contributed by atoms with van der Waals surface area (Å²) in [5, 5.41) is 1.05. The van der Waals surface area contributed by atoms with Crippen LogP contribution < -0.4 is 0 Å². The van der Waals surface area contributed by atoms with Gasteiger partial charge in [0.1, 0.15) is 5.82 Å². The summed E-state index contributed by atoms with van der Waals surface area (Å²) in [4.78, 5) is 0. The van der Waals surface area contributed by atoms with Gasteiger partial charge in [0, 0.05) is 10.0 Å². The van der Waals surface area contributed by atoms with Crippen LogP contribution >= 0.6 is 23.2 Å². The Balaban J connectivity index is 2.62. The highest BCUT2D eigenvalue weighted by Crippen LogP contribution is 2.36. The topological polar surface area (TPSA) is 0 Å². The van der Waals surface area contributed by atoms with E-state index in [9.17, 15) is 4.39 Å². The van der Waals surface area contributed by atoms with Crippen molar-refractivity contribution in [2.24, 2.45) is 0 Å². The molecule has 0 aliphatic rings. The minimum Gasteiger partial charge on any atom is -0.207 e. The van der Waals surface area contributed by atoms with E-state index in [4.69, 9.17) is 23.2 Å². The van der Waals surface area contributed by atoms with Crippen LogP contribution in [0.5, 0.6) is 0 Å². The summed E-state index contributed by atoms with van der Waals surface area (Å²) in [7, 11) is 0. The first-order valence-corrected chi connectivity index (χ1v) is 7.56.